The molecule has 3 rings (SSSR count). The van der Waals surface area contributed by atoms with Crippen molar-refractivity contribution in [3.8, 4) is 0 Å². The number of benzene rings is 1. The lowest BCUT2D eigenvalue weighted by Gasteiger charge is -2.29. The summed E-state index contributed by atoms with van der Waals surface area (Å²) in [5.41, 5.74) is 0.796. The normalized spacial score (nSPS) is 22.1. The van der Waals surface area contributed by atoms with Gasteiger partial charge in [-0.05, 0) is 51.3 Å². The van der Waals surface area contributed by atoms with Gasteiger partial charge in [-0.25, -0.2) is 4.79 Å². The second kappa shape index (κ2) is 7.82. The quantitative estimate of drug-likeness (QED) is 0.657. The number of nitrogens with one attached hydrogen (secondary N) is 1. The summed E-state index contributed by atoms with van der Waals surface area (Å²) in [6.45, 7) is 5.87. The maximum absolute atomic E-state index is 12.7. The molecule has 2 fully saturated rings. The van der Waals surface area contributed by atoms with E-state index in [2.05, 4.69) is 10.2 Å². The Hall–Kier alpha value is -2.15. The molecular formula is C18H26N4O3. The Kier molecular flexibility index (Phi) is 5.53. The van der Waals surface area contributed by atoms with Crippen molar-refractivity contribution >= 4 is 11.7 Å². The molecule has 136 valence electrons. The number of likely N-dealkylation sites (tertiary alicyclic amines) is 2. The van der Waals surface area contributed by atoms with E-state index in [-0.39, 0.29) is 23.8 Å². The number of nitrogens with zero attached hydrogens (tertiary/aromatic N) is 3. The van der Waals surface area contributed by atoms with Gasteiger partial charge in [0, 0.05) is 31.3 Å². The number of nitro groups is 1. The van der Waals surface area contributed by atoms with Crippen molar-refractivity contribution < 1.29 is 9.72 Å². The van der Waals surface area contributed by atoms with Gasteiger partial charge in [-0.1, -0.05) is 12.1 Å². The van der Waals surface area contributed by atoms with E-state index in [4.69, 9.17) is 0 Å². The Bertz CT molecular complexity index is 631. The molecule has 0 radical (unpaired) electrons. The first-order chi connectivity index (χ1) is 12.0. The Morgan fingerprint density at radius 3 is 2.80 bits per heavy atom. The molecular weight excluding hydrogens is 320 g/mol. The zero-order chi connectivity index (χ0) is 17.8. The number of nitro benzene ring substituents is 1. The molecule has 0 bridgehead atoms. The maximum atomic E-state index is 12.7. The highest BCUT2D eigenvalue weighted by atomic mass is 16.6. The number of hydrogen-bond donors (Lipinski definition) is 1. The third-order valence-electron chi connectivity index (χ3n) is 5.23. The first kappa shape index (κ1) is 17.7. The standard InChI is InChI=1S/C18H26N4O3/c1-14(15-6-4-7-16(12-15)22(24)25)19-18(23)21-11-5-8-17(21)13-20-9-2-3-10-20/h4,6-7,12,14,17H,2-3,5,8-11,13H2,1H3,(H,19,23)/t14-,17-/m0/s1. The fraction of sp³-hybridized carbons (Fsp3) is 0.611. The lowest BCUT2D eigenvalue weighted by Crippen LogP contribution is -2.47. The summed E-state index contributed by atoms with van der Waals surface area (Å²) >= 11 is 0. The highest BCUT2D eigenvalue weighted by molar-refractivity contribution is 5.75. The van der Waals surface area contributed by atoms with Crippen molar-refractivity contribution in [3.63, 3.8) is 0 Å². The molecule has 7 heteroatoms. The Labute approximate surface area is 148 Å². The van der Waals surface area contributed by atoms with Crippen molar-refractivity contribution in [2.24, 2.45) is 0 Å². The summed E-state index contributed by atoms with van der Waals surface area (Å²) in [7, 11) is 0. The molecule has 0 spiro atoms. The zero-order valence-corrected chi connectivity index (χ0v) is 14.7. The van der Waals surface area contributed by atoms with Gasteiger partial charge >= 0.3 is 6.03 Å². The fourth-order valence-electron chi connectivity index (χ4n) is 3.82. The third-order valence-corrected chi connectivity index (χ3v) is 5.23. The molecule has 25 heavy (non-hydrogen) atoms. The lowest BCUT2D eigenvalue weighted by atomic mass is 10.1. The van der Waals surface area contributed by atoms with Crippen molar-refractivity contribution in [1.29, 1.82) is 0 Å². The smallest absolute Gasteiger partial charge is 0.318 e. The van der Waals surface area contributed by atoms with Crippen molar-refractivity contribution in [3.05, 3.63) is 39.9 Å². The molecule has 2 heterocycles. The molecule has 2 aliphatic rings. The fourth-order valence-corrected chi connectivity index (χ4v) is 3.82. The van der Waals surface area contributed by atoms with E-state index >= 15 is 0 Å². The number of non-ortho nitro benzene ring substituents is 1. The number of urea groups is 1. The zero-order valence-electron chi connectivity index (χ0n) is 14.7. The van der Waals surface area contributed by atoms with Crippen LogP contribution in [0.3, 0.4) is 0 Å². The molecule has 1 N–H and O–H groups in total. The summed E-state index contributed by atoms with van der Waals surface area (Å²) in [5, 5.41) is 13.9. The molecule has 1 aromatic carbocycles. The number of carbonyl (C=O) groups excluding carboxylic acids is 1. The first-order valence-corrected chi connectivity index (χ1v) is 9.08. The van der Waals surface area contributed by atoms with Gasteiger partial charge in [0.1, 0.15) is 0 Å². The van der Waals surface area contributed by atoms with Gasteiger partial charge in [0.2, 0.25) is 0 Å². The molecule has 0 aliphatic carbocycles. The van der Waals surface area contributed by atoms with Gasteiger partial charge in [-0.15, -0.1) is 0 Å². The minimum absolute atomic E-state index is 0.0479. The number of rotatable bonds is 5. The minimum atomic E-state index is -0.412. The molecule has 2 atom stereocenters. The molecule has 1 aromatic rings. The summed E-state index contributed by atoms with van der Waals surface area (Å²) in [6, 6.07) is 6.39. The van der Waals surface area contributed by atoms with Gasteiger partial charge in [-0.2, -0.15) is 0 Å². The molecule has 0 aromatic heterocycles. The Morgan fingerprint density at radius 2 is 2.08 bits per heavy atom. The van der Waals surface area contributed by atoms with E-state index in [1.54, 1.807) is 6.07 Å². The summed E-state index contributed by atoms with van der Waals surface area (Å²) < 4.78 is 0. The monoisotopic (exact) mass is 346 g/mol. The molecule has 7 nitrogen and oxygen atoms in total. The van der Waals surface area contributed by atoms with E-state index in [1.807, 2.05) is 17.9 Å². The predicted octanol–water partition coefficient (Wildman–Crippen LogP) is 2.93. The Morgan fingerprint density at radius 1 is 1.32 bits per heavy atom. The number of amides is 2. The minimum Gasteiger partial charge on any atom is -0.331 e. The SMILES string of the molecule is C[C@H](NC(=O)N1CCC[C@H]1CN1CCCC1)c1cccc([N+](=O)[O-])c1. The van der Waals surface area contributed by atoms with Gasteiger partial charge in [0.25, 0.3) is 5.69 Å². The average Bonchev–Trinajstić information content (AvgIpc) is 3.27. The van der Waals surface area contributed by atoms with E-state index < -0.39 is 4.92 Å². The van der Waals surface area contributed by atoms with Crippen LogP contribution in [0.25, 0.3) is 0 Å². The van der Waals surface area contributed by atoms with Crippen LogP contribution in [0.4, 0.5) is 10.5 Å². The van der Waals surface area contributed by atoms with Crippen LogP contribution in [0.5, 0.6) is 0 Å². The molecule has 0 saturated carbocycles. The van der Waals surface area contributed by atoms with E-state index in [0.717, 1.165) is 44.6 Å². The van der Waals surface area contributed by atoms with Crippen LogP contribution in [-0.2, 0) is 0 Å². The van der Waals surface area contributed by atoms with Gasteiger partial charge < -0.3 is 15.1 Å². The van der Waals surface area contributed by atoms with Crippen LogP contribution in [-0.4, -0.2) is 53.0 Å². The van der Waals surface area contributed by atoms with Crippen molar-refractivity contribution in [2.45, 2.75) is 44.7 Å². The maximum Gasteiger partial charge on any atom is 0.318 e. The largest absolute Gasteiger partial charge is 0.331 e. The summed E-state index contributed by atoms with van der Waals surface area (Å²) in [4.78, 5) is 27.6. The lowest BCUT2D eigenvalue weighted by molar-refractivity contribution is -0.384. The van der Waals surface area contributed by atoms with Crippen LogP contribution in [0, 0.1) is 10.1 Å². The third kappa shape index (κ3) is 4.28. The molecule has 2 aliphatic heterocycles. The Balaban J connectivity index is 1.60. The second-order valence-corrected chi connectivity index (χ2v) is 7.02. The average molecular weight is 346 g/mol. The van der Waals surface area contributed by atoms with Crippen LogP contribution >= 0.6 is 0 Å². The highest BCUT2D eigenvalue weighted by Crippen LogP contribution is 2.23. The first-order valence-electron chi connectivity index (χ1n) is 9.08. The molecule has 2 amide bonds. The van der Waals surface area contributed by atoms with Crippen molar-refractivity contribution in [1.82, 2.24) is 15.1 Å². The predicted molar refractivity (Wildman–Crippen MR) is 95.4 cm³/mol. The van der Waals surface area contributed by atoms with Crippen molar-refractivity contribution in [2.75, 3.05) is 26.2 Å². The van der Waals surface area contributed by atoms with Gasteiger partial charge in [0.15, 0.2) is 0 Å². The van der Waals surface area contributed by atoms with Crippen LogP contribution in [0.15, 0.2) is 24.3 Å². The molecule has 2 saturated heterocycles. The number of hydrogen-bond acceptors (Lipinski definition) is 4. The topological polar surface area (TPSA) is 78.7 Å². The summed E-state index contributed by atoms with van der Waals surface area (Å²) in [6.07, 6.45) is 4.59. The molecule has 0 unspecified atom stereocenters. The summed E-state index contributed by atoms with van der Waals surface area (Å²) in [5.74, 6) is 0. The van der Waals surface area contributed by atoms with Crippen LogP contribution < -0.4 is 5.32 Å². The van der Waals surface area contributed by atoms with E-state index in [0.29, 0.717) is 0 Å². The van der Waals surface area contributed by atoms with E-state index in [1.165, 1.54) is 25.0 Å². The number of carbonyl (C=O) groups is 1. The van der Waals surface area contributed by atoms with Crippen LogP contribution in [0.1, 0.15) is 44.2 Å². The second-order valence-electron chi connectivity index (χ2n) is 7.02. The highest BCUT2D eigenvalue weighted by Gasteiger charge is 2.31. The van der Waals surface area contributed by atoms with Crippen LogP contribution in [0.2, 0.25) is 0 Å². The van der Waals surface area contributed by atoms with Gasteiger partial charge in [0.05, 0.1) is 11.0 Å². The van der Waals surface area contributed by atoms with Gasteiger partial charge in [-0.3, -0.25) is 10.1 Å². The van der Waals surface area contributed by atoms with E-state index in [9.17, 15) is 14.9 Å².